The normalized spacial score (nSPS) is 12.9. The molecule has 3 aromatic rings. The summed E-state index contributed by atoms with van der Waals surface area (Å²) >= 11 is 0. The number of aryl methyl sites for hydroxylation is 1. The van der Waals surface area contributed by atoms with Crippen LogP contribution in [0.25, 0.3) is 0 Å². The van der Waals surface area contributed by atoms with Crippen molar-refractivity contribution in [3.8, 4) is 0 Å². The highest BCUT2D eigenvalue weighted by Gasteiger charge is 2.24. The minimum atomic E-state index is -0.921. The molecule has 0 aliphatic rings. The Balaban J connectivity index is 1.80. The molecule has 150 valence electrons. The van der Waals surface area contributed by atoms with Crippen LogP contribution in [-0.4, -0.2) is 37.2 Å². The summed E-state index contributed by atoms with van der Waals surface area (Å²) < 4.78 is 14.6. The van der Waals surface area contributed by atoms with Gasteiger partial charge in [0.1, 0.15) is 17.7 Å². The number of carboxylic acid groups (broad SMARTS) is 1. The Bertz CT molecular complexity index is 1000. The van der Waals surface area contributed by atoms with E-state index in [1.807, 2.05) is 0 Å². The molecule has 0 radical (unpaired) electrons. The molecule has 1 amide bonds. The van der Waals surface area contributed by atoms with Gasteiger partial charge in [0.2, 0.25) is 5.91 Å². The van der Waals surface area contributed by atoms with Crippen molar-refractivity contribution in [3.05, 3.63) is 71.3 Å². The number of hydrogen-bond donors (Lipinski definition) is 2. The maximum Gasteiger partial charge on any atom is 0.310 e. The van der Waals surface area contributed by atoms with Crippen LogP contribution in [0.15, 0.2) is 48.5 Å². The van der Waals surface area contributed by atoms with Gasteiger partial charge in [-0.2, -0.15) is 0 Å². The average Bonchev–Trinajstić information content (AvgIpc) is 3.13. The Kier molecular flexibility index (Phi) is 5.96. The molecule has 0 saturated heterocycles. The lowest BCUT2D eigenvalue weighted by molar-refractivity contribution is -0.138. The molecule has 3 rings (SSSR count). The molecule has 0 bridgehead atoms. The molecular formula is C20H20FN5O3. The van der Waals surface area contributed by atoms with Gasteiger partial charge in [0.05, 0.1) is 5.92 Å². The summed E-state index contributed by atoms with van der Waals surface area (Å²) in [6.45, 7) is 3.28. The predicted molar refractivity (Wildman–Crippen MR) is 103 cm³/mol. The van der Waals surface area contributed by atoms with E-state index in [1.165, 1.54) is 16.8 Å². The molecule has 0 saturated carbocycles. The summed E-state index contributed by atoms with van der Waals surface area (Å²) in [5.74, 6) is -1.80. The summed E-state index contributed by atoms with van der Waals surface area (Å²) in [7, 11) is 0. The fourth-order valence-electron chi connectivity index (χ4n) is 2.88. The summed E-state index contributed by atoms with van der Waals surface area (Å²) in [5, 5.41) is 23.2. The van der Waals surface area contributed by atoms with E-state index in [0.29, 0.717) is 17.1 Å². The lowest BCUT2D eigenvalue weighted by Crippen LogP contribution is -2.29. The number of benzene rings is 2. The molecule has 29 heavy (non-hydrogen) atoms. The van der Waals surface area contributed by atoms with Gasteiger partial charge in [-0.1, -0.05) is 24.3 Å². The summed E-state index contributed by atoms with van der Waals surface area (Å²) in [4.78, 5) is 24.1. The molecule has 0 aliphatic heterocycles. The van der Waals surface area contributed by atoms with E-state index in [1.54, 1.807) is 50.2 Å². The monoisotopic (exact) mass is 397 g/mol. The first-order valence-corrected chi connectivity index (χ1v) is 8.97. The van der Waals surface area contributed by atoms with E-state index in [9.17, 15) is 14.0 Å². The standard InChI is InChI=1S/C20H20FN5O3/c1-12(20(28)29)15-5-9-17(10-6-15)22-19(27)18(26-13(2)23-24-25-26)11-14-3-7-16(21)8-4-14/h3-10,12,18H,11H2,1-2H3,(H,22,27)(H,28,29). The number of tetrazole rings is 1. The van der Waals surface area contributed by atoms with Gasteiger partial charge in [-0.05, 0) is 59.7 Å². The molecule has 8 nitrogen and oxygen atoms in total. The second kappa shape index (κ2) is 8.59. The van der Waals surface area contributed by atoms with E-state index in [4.69, 9.17) is 5.11 Å². The minimum absolute atomic E-state index is 0.270. The molecule has 0 aliphatic carbocycles. The highest BCUT2D eigenvalue weighted by molar-refractivity contribution is 5.94. The highest BCUT2D eigenvalue weighted by Crippen LogP contribution is 2.21. The molecule has 2 atom stereocenters. The SMILES string of the molecule is Cc1nnnn1C(Cc1ccc(F)cc1)C(=O)Nc1ccc(C(C)C(=O)O)cc1. The number of nitrogens with zero attached hydrogens (tertiary/aromatic N) is 4. The lowest BCUT2D eigenvalue weighted by Gasteiger charge is -2.18. The zero-order chi connectivity index (χ0) is 21.0. The van der Waals surface area contributed by atoms with Crippen LogP contribution >= 0.6 is 0 Å². The van der Waals surface area contributed by atoms with Crippen LogP contribution in [-0.2, 0) is 16.0 Å². The Morgan fingerprint density at radius 3 is 2.34 bits per heavy atom. The first-order valence-electron chi connectivity index (χ1n) is 8.97. The van der Waals surface area contributed by atoms with E-state index >= 15 is 0 Å². The van der Waals surface area contributed by atoms with Crippen molar-refractivity contribution in [2.24, 2.45) is 0 Å². The smallest absolute Gasteiger partial charge is 0.310 e. The Morgan fingerprint density at radius 1 is 1.14 bits per heavy atom. The fraction of sp³-hybridized carbons (Fsp3) is 0.250. The fourth-order valence-corrected chi connectivity index (χ4v) is 2.88. The first-order chi connectivity index (χ1) is 13.8. The third kappa shape index (κ3) is 4.81. The van der Waals surface area contributed by atoms with E-state index in [0.717, 1.165) is 5.56 Å². The Morgan fingerprint density at radius 2 is 1.79 bits per heavy atom. The quantitative estimate of drug-likeness (QED) is 0.634. The molecule has 1 aromatic heterocycles. The van der Waals surface area contributed by atoms with Gasteiger partial charge in [0.25, 0.3) is 0 Å². The third-order valence-corrected chi connectivity index (χ3v) is 4.65. The second-order valence-electron chi connectivity index (χ2n) is 6.69. The van der Waals surface area contributed by atoms with Gasteiger partial charge >= 0.3 is 5.97 Å². The molecule has 0 fully saturated rings. The number of nitrogens with one attached hydrogen (secondary N) is 1. The van der Waals surface area contributed by atoms with Crippen molar-refractivity contribution in [2.45, 2.75) is 32.2 Å². The molecule has 2 aromatic carbocycles. The molecular weight excluding hydrogens is 377 g/mol. The molecule has 1 heterocycles. The van der Waals surface area contributed by atoms with Gasteiger partial charge in [-0.3, -0.25) is 9.59 Å². The summed E-state index contributed by atoms with van der Waals surface area (Å²) in [6.07, 6.45) is 0.270. The van der Waals surface area contributed by atoms with Crippen molar-refractivity contribution in [1.82, 2.24) is 20.2 Å². The number of aliphatic carboxylic acids is 1. The largest absolute Gasteiger partial charge is 0.481 e. The van der Waals surface area contributed by atoms with Crippen LogP contribution in [0.2, 0.25) is 0 Å². The summed E-state index contributed by atoms with van der Waals surface area (Å²) in [5.41, 5.74) is 1.91. The van der Waals surface area contributed by atoms with Crippen molar-refractivity contribution in [3.63, 3.8) is 0 Å². The van der Waals surface area contributed by atoms with Crippen molar-refractivity contribution >= 4 is 17.6 Å². The van der Waals surface area contributed by atoms with E-state index in [-0.39, 0.29) is 18.1 Å². The average molecular weight is 397 g/mol. The van der Waals surface area contributed by atoms with Gasteiger partial charge in [-0.25, -0.2) is 9.07 Å². The number of amides is 1. The number of halogens is 1. The van der Waals surface area contributed by atoms with Gasteiger partial charge in [0.15, 0.2) is 0 Å². The van der Waals surface area contributed by atoms with E-state index in [2.05, 4.69) is 20.8 Å². The molecule has 2 unspecified atom stereocenters. The van der Waals surface area contributed by atoms with Gasteiger partial charge in [0, 0.05) is 12.1 Å². The van der Waals surface area contributed by atoms with Crippen molar-refractivity contribution in [2.75, 3.05) is 5.32 Å². The summed E-state index contributed by atoms with van der Waals surface area (Å²) in [6, 6.07) is 11.7. The van der Waals surface area contributed by atoms with Crippen LogP contribution < -0.4 is 5.32 Å². The first kappa shape index (κ1) is 20.1. The Hall–Kier alpha value is -3.62. The number of carbonyl (C=O) groups is 2. The van der Waals surface area contributed by atoms with Crippen LogP contribution in [0, 0.1) is 12.7 Å². The zero-order valence-electron chi connectivity index (χ0n) is 15.9. The maximum absolute atomic E-state index is 13.2. The predicted octanol–water partition coefficient (Wildman–Crippen LogP) is 2.73. The third-order valence-electron chi connectivity index (χ3n) is 4.65. The number of rotatable bonds is 7. The number of anilines is 1. The van der Waals surface area contributed by atoms with Crippen LogP contribution in [0.3, 0.4) is 0 Å². The topological polar surface area (TPSA) is 110 Å². The minimum Gasteiger partial charge on any atom is -0.481 e. The lowest BCUT2D eigenvalue weighted by atomic mass is 10.0. The zero-order valence-corrected chi connectivity index (χ0v) is 15.9. The Labute approximate surface area is 166 Å². The van der Waals surface area contributed by atoms with E-state index < -0.39 is 17.9 Å². The van der Waals surface area contributed by atoms with Crippen LogP contribution in [0.1, 0.15) is 35.8 Å². The number of aromatic nitrogens is 4. The van der Waals surface area contributed by atoms with Crippen molar-refractivity contribution < 1.29 is 19.1 Å². The second-order valence-corrected chi connectivity index (χ2v) is 6.69. The van der Waals surface area contributed by atoms with Gasteiger partial charge < -0.3 is 10.4 Å². The number of carboxylic acids is 1. The molecule has 0 spiro atoms. The number of carbonyl (C=O) groups excluding carboxylic acids is 1. The number of hydrogen-bond acceptors (Lipinski definition) is 5. The van der Waals surface area contributed by atoms with Crippen LogP contribution in [0.4, 0.5) is 10.1 Å². The van der Waals surface area contributed by atoms with Crippen LogP contribution in [0.5, 0.6) is 0 Å². The van der Waals surface area contributed by atoms with Crippen molar-refractivity contribution in [1.29, 1.82) is 0 Å². The maximum atomic E-state index is 13.2. The molecule has 9 heteroatoms. The highest BCUT2D eigenvalue weighted by atomic mass is 19.1. The van der Waals surface area contributed by atoms with Gasteiger partial charge in [-0.15, -0.1) is 5.10 Å². The molecule has 2 N–H and O–H groups in total.